The predicted molar refractivity (Wildman–Crippen MR) is 53.5 cm³/mol. The van der Waals surface area contributed by atoms with E-state index in [1.165, 1.54) is 12.8 Å². The zero-order chi connectivity index (χ0) is 9.26. The van der Waals surface area contributed by atoms with E-state index in [0.29, 0.717) is 5.15 Å². The number of rotatable bonds is 3. The molecule has 1 saturated carbocycles. The summed E-state index contributed by atoms with van der Waals surface area (Å²) in [6.45, 7) is 0. The van der Waals surface area contributed by atoms with E-state index in [4.69, 9.17) is 17.3 Å². The molecule has 1 atom stereocenters. The van der Waals surface area contributed by atoms with E-state index in [-0.39, 0.29) is 6.04 Å². The van der Waals surface area contributed by atoms with Gasteiger partial charge in [0.05, 0.1) is 0 Å². The van der Waals surface area contributed by atoms with E-state index in [9.17, 15) is 0 Å². The van der Waals surface area contributed by atoms with Gasteiger partial charge in [-0.15, -0.1) is 0 Å². The van der Waals surface area contributed by atoms with Crippen LogP contribution < -0.4 is 5.73 Å². The van der Waals surface area contributed by atoms with Crippen LogP contribution in [0.1, 0.15) is 30.9 Å². The van der Waals surface area contributed by atoms with E-state index in [0.717, 1.165) is 17.9 Å². The Morgan fingerprint density at radius 2 is 2.38 bits per heavy atom. The molecule has 0 aliphatic heterocycles. The van der Waals surface area contributed by atoms with Gasteiger partial charge in [-0.2, -0.15) is 0 Å². The normalized spacial score (nSPS) is 18.6. The highest BCUT2D eigenvalue weighted by Gasteiger charge is 2.24. The second-order valence-electron chi connectivity index (χ2n) is 3.70. The van der Waals surface area contributed by atoms with Crippen molar-refractivity contribution in [1.29, 1.82) is 0 Å². The van der Waals surface area contributed by atoms with Crippen LogP contribution in [-0.2, 0) is 0 Å². The van der Waals surface area contributed by atoms with Gasteiger partial charge < -0.3 is 5.73 Å². The Morgan fingerprint density at radius 1 is 1.62 bits per heavy atom. The van der Waals surface area contributed by atoms with Crippen LogP contribution in [0.3, 0.4) is 0 Å². The van der Waals surface area contributed by atoms with Gasteiger partial charge in [0.25, 0.3) is 0 Å². The van der Waals surface area contributed by atoms with Gasteiger partial charge in [-0.25, -0.2) is 4.98 Å². The number of hydrogen-bond acceptors (Lipinski definition) is 2. The lowest BCUT2D eigenvalue weighted by molar-refractivity contribution is 0.596. The highest BCUT2D eigenvalue weighted by molar-refractivity contribution is 6.29. The van der Waals surface area contributed by atoms with Crippen LogP contribution >= 0.6 is 11.6 Å². The van der Waals surface area contributed by atoms with E-state index in [2.05, 4.69) is 4.98 Å². The van der Waals surface area contributed by atoms with Crippen LogP contribution in [-0.4, -0.2) is 4.98 Å². The number of nitrogens with two attached hydrogens (primary N) is 1. The molecule has 1 aromatic rings. The van der Waals surface area contributed by atoms with Crippen molar-refractivity contribution in [3.63, 3.8) is 0 Å². The number of halogens is 1. The highest BCUT2D eigenvalue weighted by Crippen LogP contribution is 2.36. The predicted octanol–water partition coefficient (Wildman–Crippen LogP) is 2.53. The van der Waals surface area contributed by atoms with Crippen molar-refractivity contribution in [2.45, 2.75) is 25.3 Å². The minimum absolute atomic E-state index is 0.132. The quantitative estimate of drug-likeness (QED) is 0.755. The molecule has 70 valence electrons. The molecule has 2 rings (SSSR count). The molecule has 1 unspecified atom stereocenters. The Hall–Kier alpha value is -0.600. The Labute approximate surface area is 83.1 Å². The molecule has 0 aromatic carbocycles. The topological polar surface area (TPSA) is 38.9 Å². The fourth-order valence-corrected chi connectivity index (χ4v) is 1.68. The van der Waals surface area contributed by atoms with Crippen molar-refractivity contribution in [1.82, 2.24) is 4.98 Å². The monoisotopic (exact) mass is 196 g/mol. The van der Waals surface area contributed by atoms with Crippen LogP contribution in [0.4, 0.5) is 0 Å². The molecule has 0 radical (unpaired) electrons. The third-order valence-electron chi connectivity index (χ3n) is 2.46. The summed E-state index contributed by atoms with van der Waals surface area (Å²) in [6.07, 6.45) is 5.48. The number of aromatic nitrogens is 1. The largest absolute Gasteiger partial charge is 0.324 e. The fourth-order valence-electron chi connectivity index (χ4n) is 1.50. The van der Waals surface area contributed by atoms with E-state index >= 15 is 0 Å². The van der Waals surface area contributed by atoms with Crippen molar-refractivity contribution in [3.05, 3.63) is 29.0 Å². The van der Waals surface area contributed by atoms with Gasteiger partial charge in [-0.3, -0.25) is 0 Å². The first-order valence-corrected chi connectivity index (χ1v) is 5.00. The summed E-state index contributed by atoms with van der Waals surface area (Å²) in [5.74, 6) is 0.849. The molecular formula is C10H13ClN2. The van der Waals surface area contributed by atoms with Gasteiger partial charge in [0.15, 0.2) is 0 Å². The van der Waals surface area contributed by atoms with Gasteiger partial charge in [-0.05, 0) is 30.0 Å². The first kappa shape index (κ1) is 8.97. The molecular weight excluding hydrogens is 184 g/mol. The van der Waals surface area contributed by atoms with Crippen molar-refractivity contribution in [2.75, 3.05) is 0 Å². The average Bonchev–Trinajstić information content (AvgIpc) is 2.88. The van der Waals surface area contributed by atoms with E-state index < -0.39 is 0 Å². The smallest absolute Gasteiger partial charge is 0.129 e. The van der Waals surface area contributed by atoms with E-state index in [1.807, 2.05) is 12.1 Å². The Balaban J connectivity index is 2.04. The maximum Gasteiger partial charge on any atom is 0.129 e. The third kappa shape index (κ3) is 2.42. The molecule has 1 fully saturated rings. The summed E-state index contributed by atoms with van der Waals surface area (Å²) in [5, 5.41) is 0.531. The minimum Gasteiger partial charge on any atom is -0.324 e. The summed E-state index contributed by atoms with van der Waals surface area (Å²) < 4.78 is 0. The van der Waals surface area contributed by atoms with Crippen molar-refractivity contribution in [2.24, 2.45) is 11.7 Å². The Morgan fingerprint density at radius 3 is 3.00 bits per heavy atom. The first-order valence-electron chi connectivity index (χ1n) is 4.63. The lowest BCUT2D eigenvalue weighted by atomic mass is 10.0. The molecule has 1 aliphatic rings. The lowest BCUT2D eigenvalue weighted by Crippen LogP contribution is -2.10. The highest BCUT2D eigenvalue weighted by atomic mass is 35.5. The molecule has 0 saturated heterocycles. The van der Waals surface area contributed by atoms with Crippen LogP contribution in [0, 0.1) is 5.92 Å². The van der Waals surface area contributed by atoms with Gasteiger partial charge in [-0.1, -0.05) is 24.4 Å². The number of pyridine rings is 1. The van der Waals surface area contributed by atoms with Gasteiger partial charge in [0.2, 0.25) is 0 Å². The molecule has 3 heteroatoms. The summed E-state index contributed by atoms with van der Waals surface area (Å²) in [5.41, 5.74) is 7.12. The molecule has 1 aromatic heterocycles. The minimum atomic E-state index is 0.132. The summed E-state index contributed by atoms with van der Waals surface area (Å²) in [4.78, 5) is 3.93. The van der Waals surface area contributed by atoms with Crippen LogP contribution in [0.2, 0.25) is 5.15 Å². The third-order valence-corrected chi connectivity index (χ3v) is 2.67. The standard InChI is InChI=1S/C10H13ClN2/c11-10-6-8(3-4-13-10)9(12)5-7-1-2-7/h3-4,6-7,9H,1-2,5,12H2. The van der Waals surface area contributed by atoms with Crippen LogP contribution in [0.15, 0.2) is 18.3 Å². The van der Waals surface area contributed by atoms with Gasteiger partial charge in [0, 0.05) is 12.2 Å². The summed E-state index contributed by atoms with van der Waals surface area (Å²) in [7, 11) is 0. The van der Waals surface area contributed by atoms with E-state index in [1.54, 1.807) is 6.20 Å². The molecule has 13 heavy (non-hydrogen) atoms. The fraction of sp³-hybridized carbons (Fsp3) is 0.500. The van der Waals surface area contributed by atoms with Gasteiger partial charge >= 0.3 is 0 Å². The zero-order valence-electron chi connectivity index (χ0n) is 7.41. The van der Waals surface area contributed by atoms with Crippen molar-refractivity contribution >= 4 is 11.6 Å². The van der Waals surface area contributed by atoms with Crippen LogP contribution in [0.5, 0.6) is 0 Å². The molecule has 0 amide bonds. The lowest BCUT2D eigenvalue weighted by Gasteiger charge is -2.10. The molecule has 2 N–H and O–H groups in total. The SMILES string of the molecule is NC(CC1CC1)c1ccnc(Cl)c1. The second-order valence-corrected chi connectivity index (χ2v) is 4.08. The first-order chi connectivity index (χ1) is 6.25. The number of nitrogens with zero attached hydrogens (tertiary/aromatic N) is 1. The molecule has 1 aliphatic carbocycles. The molecule has 0 bridgehead atoms. The molecule has 0 spiro atoms. The average molecular weight is 197 g/mol. The maximum absolute atomic E-state index is 6.02. The Kier molecular flexibility index (Phi) is 2.51. The van der Waals surface area contributed by atoms with Crippen molar-refractivity contribution < 1.29 is 0 Å². The molecule has 2 nitrogen and oxygen atoms in total. The maximum atomic E-state index is 6.02. The second kappa shape index (κ2) is 3.64. The number of hydrogen-bond donors (Lipinski definition) is 1. The summed E-state index contributed by atoms with van der Waals surface area (Å²) >= 11 is 5.77. The molecule has 1 heterocycles. The van der Waals surface area contributed by atoms with Gasteiger partial charge in [0.1, 0.15) is 5.15 Å². The van der Waals surface area contributed by atoms with Crippen molar-refractivity contribution in [3.8, 4) is 0 Å². The zero-order valence-corrected chi connectivity index (χ0v) is 8.17. The van der Waals surface area contributed by atoms with Crippen LogP contribution in [0.25, 0.3) is 0 Å². The summed E-state index contributed by atoms with van der Waals surface area (Å²) in [6, 6.07) is 3.93. The Bertz CT molecular complexity index is 297.